The predicted octanol–water partition coefficient (Wildman–Crippen LogP) is 3.79. The number of H-pyrrole nitrogens is 1. The number of fused-ring (bicyclic) bond motifs is 1. The lowest BCUT2D eigenvalue weighted by Gasteiger charge is -2.11. The van der Waals surface area contributed by atoms with Crippen molar-refractivity contribution in [2.45, 2.75) is 12.6 Å². The van der Waals surface area contributed by atoms with Crippen LogP contribution in [-0.4, -0.2) is 42.0 Å². The average Bonchev–Trinajstić information content (AvgIpc) is 3.20. The summed E-state index contributed by atoms with van der Waals surface area (Å²) in [4.78, 5) is 28.5. The van der Waals surface area contributed by atoms with Crippen molar-refractivity contribution in [2.24, 2.45) is 0 Å². The second-order valence-corrected chi connectivity index (χ2v) is 6.37. The van der Waals surface area contributed by atoms with Crippen LogP contribution in [0.1, 0.15) is 16.1 Å². The summed E-state index contributed by atoms with van der Waals surface area (Å²) in [5, 5.41) is 2.87. The molecule has 0 radical (unpaired) electrons. The van der Waals surface area contributed by atoms with Crippen molar-refractivity contribution in [1.29, 1.82) is 0 Å². The minimum absolute atomic E-state index is 0.0160. The number of para-hydroxylation sites is 1. The number of halogens is 3. The van der Waals surface area contributed by atoms with Crippen molar-refractivity contribution in [3.8, 4) is 28.3 Å². The average molecular weight is 417 g/mol. The summed E-state index contributed by atoms with van der Waals surface area (Å²) in [7, 11) is 1.65. The third-order valence-corrected chi connectivity index (χ3v) is 4.39. The zero-order chi connectivity index (χ0) is 21.7. The van der Waals surface area contributed by atoms with Gasteiger partial charge >= 0.3 is 6.18 Å². The number of carbonyl (C=O) groups excluding carboxylic acids is 2. The number of rotatable bonds is 3. The molecule has 1 aliphatic heterocycles. The van der Waals surface area contributed by atoms with Gasteiger partial charge in [-0.3, -0.25) is 14.6 Å². The fraction of sp³-hybridized carbons (Fsp3) is 0.190. The Balaban J connectivity index is 0.000000377. The molecule has 2 aromatic heterocycles. The highest BCUT2D eigenvalue weighted by molar-refractivity contribution is 5.97. The molecule has 4 rings (SSSR count). The number of hydrogen-bond acceptors (Lipinski definition) is 4. The molecule has 0 fully saturated rings. The van der Waals surface area contributed by atoms with Crippen LogP contribution in [-0.2, 0) is 11.2 Å². The van der Waals surface area contributed by atoms with Crippen LogP contribution in [0.5, 0.6) is 5.75 Å². The molecule has 9 heteroatoms. The molecule has 3 heterocycles. The van der Waals surface area contributed by atoms with E-state index in [1.54, 1.807) is 13.3 Å². The first-order valence-electron chi connectivity index (χ1n) is 8.95. The van der Waals surface area contributed by atoms with E-state index < -0.39 is 12.5 Å². The Morgan fingerprint density at radius 2 is 1.87 bits per heavy atom. The number of alkyl halides is 3. The van der Waals surface area contributed by atoms with Crippen LogP contribution in [0, 0.1) is 0 Å². The van der Waals surface area contributed by atoms with E-state index in [9.17, 15) is 18.0 Å². The number of nitrogens with zero attached hydrogens (tertiary/aromatic N) is 1. The topological polar surface area (TPSA) is 84.1 Å². The summed E-state index contributed by atoms with van der Waals surface area (Å²) in [6, 6.07) is 13.7. The highest BCUT2D eigenvalue weighted by Gasteiger charge is 2.25. The maximum atomic E-state index is 11.9. The van der Waals surface area contributed by atoms with Gasteiger partial charge in [-0.25, -0.2) is 0 Å². The molecule has 2 N–H and O–H groups in total. The number of methoxy groups -OCH3 is 1. The molecule has 0 saturated heterocycles. The Kier molecular flexibility index (Phi) is 6.20. The van der Waals surface area contributed by atoms with Crippen molar-refractivity contribution in [1.82, 2.24) is 15.3 Å². The largest absolute Gasteiger partial charge is 0.496 e. The SMILES string of the molecule is COc1ccccc1-c1cc(-c2cc3c([nH]2)CCNC3=O)ccn1.O=CC(F)(F)F. The molecule has 30 heavy (non-hydrogen) atoms. The van der Waals surface area contributed by atoms with Crippen molar-refractivity contribution in [2.75, 3.05) is 13.7 Å². The Morgan fingerprint density at radius 1 is 1.13 bits per heavy atom. The zero-order valence-electron chi connectivity index (χ0n) is 15.9. The van der Waals surface area contributed by atoms with Gasteiger partial charge < -0.3 is 15.0 Å². The van der Waals surface area contributed by atoms with E-state index in [2.05, 4.69) is 15.3 Å². The lowest BCUT2D eigenvalue weighted by molar-refractivity contribution is -0.156. The van der Waals surface area contributed by atoms with Crippen LogP contribution in [0.4, 0.5) is 13.2 Å². The minimum atomic E-state index is -4.64. The van der Waals surface area contributed by atoms with E-state index in [4.69, 9.17) is 9.53 Å². The van der Waals surface area contributed by atoms with Gasteiger partial charge in [0.25, 0.3) is 5.91 Å². The van der Waals surface area contributed by atoms with Gasteiger partial charge in [0.2, 0.25) is 6.29 Å². The normalized spacial score (nSPS) is 12.9. The van der Waals surface area contributed by atoms with Crippen LogP contribution in [0.25, 0.3) is 22.5 Å². The van der Waals surface area contributed by atoms with Gasteiger partial charge in [-0.05, 0) is 30.3 Å². The molecule has 0 aliphatic carbocycles. The number of pyridine rings is 1. The molecule has 156 valence electrons. The fourth-order valence-corrected chi connectivity index (χ4v) is 3.05. The Labute approximate surface area is 170 Å². The van der Waals surface area contributed by atoms with Crippen molar-refractivity contribution in [3.63, 3.8) is 0 Å². The standard InChI is InChI=1S/C19H17N3O2.C2HF3O/c1-24-18-5-3-2-4-13(18)17-10-12(6-8-20-17)16-11-14-15(22-16)7-9-21-19(14)23;3-2(4,5)1-6/h2-6,8,10-11,22H,7,9H2,1H3,(H,21,23);1H. The lowest BCUT2D eigenvalue weighted by Crippen LogP contribution is -2.31. The summed E-state index contributed by atoms with van der Waals surface area (Å²) < 4.78 is 36.7. The molecule has 0 atom stereocenters. The summed E-state index contributed by atoms with van der Waals surface area (Å²) in [5.41, 5.74) is 5.41. The van der Waals surface area contributed by atoms with E-state index in [-0.39, 0.29) is 5.91 Å². The first kappa shape index (κ1) is 21.1. The maximum absolute atomic E-state index is 11.9. The van der Waals surface area contributed by atoms with Crippen LogP contribution >= 0.6 is 0 Å². The molecule has 6 nitrogen and oxygen atoms in total. The monoisotopic (exact) mass is 417 g/mol. The third-order valence-electron chi connectivity index (χ3n) is 4.39. The number of aromatic nitrogens is 2. The van der Waals surface area contributed by atoms with Gasteiger partial charge in [0, 0.05) is 41.7 Å². The van der Waals surface area contributed by atoms with Gasteiger partial charge in [-0.1, -0.05) is 12.1 Å². The van der Waals surface area contributed by atoms with Crippen LogP contribution in [0.2, 0.25) is 0 Å². The zero-order valence-corrected chi connectivity index (χ0v) is 15.9. The highest BCUT2D eigenvalue weighted by Crippen LogP contribution is 2.31. The number of carbonyl (C=O) groups is 2. The Bertz CT molecular complexity index is 1060. The second kappa shape index (κ2) is 8.81. The summed E-state index contributed by atoms with van der Waals surface area (Å²) in [6.07, 6.45) is -3.10. The van der Waals surface area contributed by atoms with Gasteiger partial charge in [0.15, 0.2) is 0 Å². The lowest BCUT2D eigenvalue weighted by atomic mass is 10.1. The summed E-state index contributed by atoms with van der Waals surface area (Å²) in [6.45, 7) is 0.675. The summed E-state index contributed by atoms with van der Waals surface area (Å²) >= 11 is 0. The van der Waals surface area contributed by atoms with E-state index in [0.717, 1.165) is 45.9 Å². The Morgan fingerprint density at radius 3 is 2.53 bits per heavy atom. The van der Waals surface area contributed by atoms with Crippen molar-refractivity contribution >= 4 is 12.2 Å². The molecule has 1 aromatic carbocycles. The second-order valence-electron chi connectivity index (χ2n) is 6.37. The molecule has 0 spiro atoms. The van der Waals surface area contributed by atoms with Crippen molar-refractivity contribution in [3.05, 3.63) is 59.9 Å². The number of amides is 1. The van der Waals surface area contributed by atoms with Gasteiger partial charge in [0.05, 0.1) is 18.4 Å². The first-order chi connectivity index (χ1) is 14.3. The number of hydrogen-bond donors (Lipinski definition) is 2. The fourth-order valence-electron chi connectivity index (χ4n) is 3.05. The molecule has 0 unspecified atom stereocenters. The van der Waals surface area contributed by atoms with Crippen LogP contribution in [0.15, 0.2) is 48.7 Å². The molecule has 3 aromatic rings. The number of aromatic amines is 1. The Hall–Kier alpha value is -3.62. The van der Waals surface area contributed by atoms with Crippen LogP contribution in [0.3, 0.4) is 0 Å². The molecular formula is C21H18F3N3O3. The van der Waals surface area contributed by atoms with Crippen molar-refractivity contribution < 1.29 is 27.5 Å². The molecule has 0 bridgehead atoms. The van der Waals surface area contributed by atoms with E-state index >= 15 is 0 Å². The maximum Gasteiger partial charge on any atom is 0.446 e. The predicted molar refractivity (Wildman–Crippen MR) is 104 cm³/mol. The number of nitrogens with one attached hydrogen (secondary N) is 2. The smallest absolute Gasteiger partial charge is 0.446 e. The number of aldehydes is 1. The molecule has 0 saturated carbocycles. The quantitative estimate of drug-likeness (QED) is 0.636. The molecule has 1 amide bonds. The van der Waals surface area contributed by atoms with Gasteiger partial charge in [-0.2, -0.15) is 13.2 Å². The number of ether oxygens (including phenoxy) is 1. The van der Waals surface area contributed by atoms with E-state index in [1.165, 1.54) is 0 Å². The molecule has 1 aliphatic rings. The summed E-state index contributed by atoms with van der Waals surface area (Å²) in [5.74, 6) is 0.769. The minimum Gasteiger partial charge on any atom is -0.496 e. The molecular weight excluding hydrogens is 399 g/mol. The van der Waals surface area contributed by atoms with E-state index in [0.29, 0.717) is 6.54 Å². The van der Waals surface area contributed by atoms with Gasteiger partial charge in [-0.15, -0.1) is 0 Å². The third kappa shape index (κ3) is 4.86. The number of benzene rings is 1. The van der Waals surface area contributed by atoms with Crippen LogP contribution < -0.4 is 10.1 Å². The first-order valence-corrected chi connectivity index (χ1v) is 8.95. The van der Waals surface area contributed by atoms with Gasteiger partial charge in [0.1, 0.15) is 5.75 Å². The highest BCUT2D eigenvalue weighted by atomic mass is 19.4. The van der Waals surface area contributed by atoms with E-state index in [1.807, 2.05) is 42.5 Å².